The van der Waals surface area contributed by atoms with Gasteiger partial charge in [-0.3, -0.25) is 4.79 Å². The zero-order valence-electron chi connectivity index (χ0n) is 16.3. The maximum atomic E-state index is 13.9. The minimum Gasteiger partial charge on any atom is -0.497 e. The normalized spacial score (nSPS) is 12.6. The molecule has 0 spiro atoms. The standard InChI is InChI=1S/C20H25FN2O4S/c1-14(2)19(22-28(25,26)18-8-6-5-7-17(18)21)20(24)23(3)13-15-9-11-16(27-4)12-10-15/h5-12,14,19,22H,13H2,1-4H3. The number of carbonyl (C=O) groups is 1. The number of nitrogens with zero attached hydrogens (tertiary/aromatic N) is 1. The number of sulfonamides is 1. The number of amides is 1. The number of ether oxygens (including phenoxy) is 1. The maximum absolute atomic E-state index is 13.9. The molecule has 6 nitrogen and oxygen atoms in total. The van der Waals surface area contributed by atoms with Gasteiger partial charge >= 0.3 is 0 Å². The number of methoxy groups -OCH3 is 1. The van der Waals surface area contributed by atoms with Gasteiger partial charge in [-0.25, -0.2) is 12.8 Å². The summed E-state index contributed by atoms with van der Waals surface area (Å²) >= 11 is 0. The van der Waals surface area contributed by atoms with Gasteiger partial charge in [0.1, 0.15) is 22.5 Å². The molecule has 1 unspecified atom stereocenters. The Labute approximate surface area is 165 Å². The average Bonchev–Trinajstić information content (AvgIpc) is 2.66. The highest BCUT2D eigenvalue weighted by Crippen LogP contribution is 2.18. The van der Waals surface area contributed by atoms with Crippen molar-refractivity contribution in [2.24, 2.45) is 5.92 Å². The smallest absolute Gasteiger partial charge is 0.244 e. The van der Waals surface area contributed by atoms with Gasteiger partial charge in [-0.15, -0.1) is 0 Å². The van der Waals surface area contributed by atoms with Crippen LogP contribution in [0.1, 0.15) is 19.4 Å². The SMILES string of the molecule is COc1ccc(CN(C)C(=O)C(NS(=O)(=O)c2ccccc2F)C(C)C)cc1. The first kappa shape index (κ1) is 21.8. The van der Waals surface area contributed by atoms with Crippen LogP contribution in [-0.4, -0.2) is 39.4 Å². The van der Waals surface area contributed by atoms with Crippen molar-refractivity contribution in [1.82, 2.24) is 9.62 Å². The molecule has 0 bridgehead atoms. The molecule has 2 aromatic rings. The lowest BCUT2D eigenvalue weighted by Crippen LogP contribution is -2.50. The van der Waals surface area contributed by atoms with Gasteiger partial charge in [0.05, 0.1) is 7.11 Å². The molecular weight excluding hydrogens is 383 g/mol. The number of rotatable bonds is 8. The number of nitrogens with one attached hydrogen (secondary N) is 1. The highest BCUT2D eigenvalue weighted by Gasteiger charge is 2.31. The lowest BCUT2D eigenvalue weighted by molar-refractivity contribution is -0.133. The van der Waals surface area contributed by atoms with E-state index in [2.05, 4.69) is 4.72 Å². The highest BCUT2D eigenvalue weighted by molar-refractivity contribution is 7.89. The average molecular weight is 408 g/mol. The molecule has 0 aliphatic heterocycles. The Hall–Kier alpha value is -2.45. The summed E-state index contributed by atoms with van der Waals surface area (Å²) in [5, 5.41) is 0. The summed E-state index contributed by atoms with van der Waals surface area (Å²) in [5.41, 5.74) is 0.871. The Balaban J connectivity index is 2.17. The molecule has 0 heterocycles. The number of carbonyl (C=O) groups excluding carboxylic acids is 1. The molecular formula is C20H25FN2O4S. The number of hydrogen-bond acceptors (Lipinski definition) is 4. The van der Waals surface area contributed by atoms with Gasteiger partial charge in [0.2, 0.25) is 15.9 Å². The molecule has 0 saturated carbocycles. The predicted octanol–water partition coefficient (Wildman–Crippen LogP) is 2.80. The molecule has 0 fully saturated rings. The summed E-state index contributed by atoms with van der Waals surface area (Å²) in [6.45, 7) is 3.76. The highest BCUT2D eigenvalue weighted by atomic mass is 32.2. The van der Waals surface area contributed by atoms with Gasteiger partial charge in [-0.05, 0) is 35.7 Å². The van der Waals surface area contributed by atoms with Crippen LogP contribution in [-0.2, 0) is 21.4 Å². The molecule has 1 N–H and O–H groups in total. The Kier molecular flexibility index (Phi) is 7.15. The predicted molar refractivity (Wildman–Crippen MR) is 105 cm³/mol. The third-order valence-electron chi connectivity index (χ3n) is 4.30. The second-order valence-corrected chi connectivity index (χ2v) is 8.50. The third-order valence-corrected chi connectivity index (χ3v) is 5.77. The van der Waals surface area contributed by atoms with Crippen LogP contribution in [0.5, 0.6) is 5.75 Å². The Bertz CT molecular complexity index is 914. The number of halogens is 1. The minimum absolute atomic E-state index is 0.299. The zero-order chi connectivity index (χ0) is 20.9. The van der Waals surface area contributed by atoms with Gasteiger partial charge in [0.25, 0.3) is 0 Å². The van der Waals surface area contributed by atoms with E-state index in [1.54, 1.807) is 40.1 Å². The number of benzene rings is 2. The van der Waals surface area contributed by atoms with Crippen molar-refractivity contribution in [2.45, 2.75) is 31.3 Å². The van der Waals surface area contributed by atoms with E-state index in [4.69, 9.17) is 4.74 Å². The summed E-state index contributed by atoms with van der Waals surface area (Å²) in [4.78, 5) is 13.8. The molecule has 28 heavy (non-hydrogen) atoms. The van der Waals surface area contributed by atoms with Crippen LogP contribution in [0.2, 0.25) is 0 Å². The number of likely N-dealkylation sites (N-methyl/N-ethyl adjacent to an activating group) is 1. The van der Waals surface area contributed by atoms with Crippen LogP contribution in [0.15, 0.2) is 53.4 Å². The Morgan fingerprint density at radius 1 is 1.14 bits per heavy atom. The molecule has 0 aromatic heterocycles. The van der Waals surface area contributed by atoms with Crippen molar-refractivity contribution in [1.29, 1.82) is 0 Å². The van der Waals surface area contributed by atoms with Crippen molar-refractivity contribution >= 4 is 15.9 Å². The van der Waals surface area contributed by atoms with E-state index in [0.29, 0.717) is 12.3 Å². The second-order valence-electron chi connectivity index (χ2n) is 6.82. The molecule has 0 aliphatic carbocycles. The van der Waals surface area contributed by atoms with Crippen LogP contribution in [0.4, 0.5) is 4.39 Å². The summed E-state index contributed by atoms with van der Waals surface area (Å²) in [5.74, 6) is -0.884. The summed E-state index contributed by atoms with van der Waals surface area (Å²) < 4.78 is 46.6. The van der Waals surface area contributed by atoms with Crippen LogP contribution >= 0.6 is 0 Å². The first-order valence-electron chi connectivity index (χ1n) is 8.80. The van der Waals surface area contributed by atoms with Crippen LogP contribution in [0.25, 0.3) is 0 Å². The van der Waals surface area contributed by atoms with Crippen LogP contribution in [0.3, 0.4) is 0 Å². The molecule has 8 heteroatoms. The lowest BCUT2D eigenvalue weighted by atomic mass is 10.0. The fourth-order valence-corrected chi connectivity index (χ4v) is 4.10. The van der Waals surface area contributed by atoms with E-state index in [1.807, 2.05) is 12.1 Å². The Morgan fingerprint density at radius 2 is 1.75 bits per heavy atom. The van der Waals surface area contributed by atoms with Gasteiger partial charge in [0, 0.05) is 13.6 Å². The molecule has 2 aromatic carbocycles. The molecule has 152 valence electrons. The van der Waals surface area contributed by atoms with Gasteiger partial charge in [0.15, 0.2) is 0 Å². The van der Waals surface area contributed by atoms with Gasteiger partial charge in [-0.1, -0.05) is 38.1 Å². The minimum atomic E-state index is -4.18. The van der Waals surface area contributed by atoms with Crippen LogP contribution < -0.4 is 9.46 Å². The molecule has 0 aliphatic rings. The van der Waals surface area contributed by atoms with Crippen LogP contribution in [0, 0.1) is 11.7 Å². The van der Waals surface area contributed by atoms with Gasteiger partial charge < -0.3 is 9.64 Å². The second kappa shape index (κ2) is 9.16. The first-order chi connectivity index (χ1) is 13.2. The molecule has 2 rings (SSSR count). The third kappa shape index (κ3) is 5.30. The van der Waals surface area contributed by atoms with Crippen molar-refractivity contribution in [2.75, 3.05) is 14.2 Å². The topological polar surface area (TPSA) is 75.7 Å². The van der Waals surface area contributed by atoms with Crippen molar-refractivity contribution in [3.05, 3.63) is 59.9 Å². The van der Waals surface area contributed by atoms with E-state index in [9.17, 15) is 17.6 Å². The van der Waals surface area contributed by atoms with E-state index < -0.39 is 32.7 Å². The molecule has 1 atom stereocenters. The van der Waals surface area contributed by atoms with E-state index in [1.165, 1.54) is 23.1 Å². The maximum Gasteiger partial charge on any atom is 0.244 e. The summed E-state index contributed by atoms with van der Waals surface area (Å²) in [6.07, 6.45) is 0. The van der Waals surface area contributed by atoms with Crippen molar-refractivity contribution in [3.63, 3.8) is 0 Å². The van der Waals surface area contributed by atoms with Gasteiger partial charge in [-0.2, -0.15) is 4.72 Å². The zero-order valence-corrected chi connectivity index (χ0v) is 17.2. The molecule has 1 amide bonds. The fourth-order valence-electron chi connectivity index (χ4n) is 2.69. The lowest BCUT2D eigenvalue weighted by Gasteiger charge is -2.27. The van der Waals surface area contributed by atoms with Crippen molar-refractivity contribution < 1.29 is 22.3 Å². The fraction of sp³-hybridized carbons (Fsp3) is 0.350. The summed E-state index contributed by atoms with van der Waals surface area (Å²) in [6, 6.07) is 11.3. The van der Waals surface area contributed by atoms with E-state index in [-0.39, 0.29) is 5.92 Å². The summed E-state index contributed by atoms with van der Waals surface area (Å²) in [7, 11) is -1.02. The number of hydrogen-bond donors (Lipinski definition) is 1. The quantitative estimate of drug-likeness (QED) is 0.729. The van der Waals surface area contributed by atoms with Crippen molar-refractivity contribution in [3.8, 4) is 5.75 Å². The Morgan fingerprint density at radius 3 is 2.29 bits per heavy atom. The molecule has 0 saturated heterocycles. The monoisotopic (exact) mass is 408 g/mol. The first-order valence-corrected chi connectivity index (χ1v) is 10.3. The largest absolute Gasteiger partial charge is 0.497 e. The molecule has 0 radical (unpaired) electrons. The van der Waals surface area contributed by atoms with E-state index >= 15 is 0 Å². The van der Waals surface area contributed by atoms with E-state index in [0.717, 1.165) is 11.6 Å².